The maximum absolute atomic E-state index is 6.26. The molecule has 20 heavy (non-hydrogen) atoms. The molecule has 0 aliphatic heterocycles. The Morgan fingerprint density at radius 3 is 2.25 bits per heavy atom. The predicted octanol–water partition coefficient (Wildman–Crippen LogP) is 4.23. The van der Waals surface area contributed by atoms with Crippen molar-refractivity contribution < 1.29 is 4.74 Å². The van der Waals surface area contributed by atoms with Crippen molar-refractivity contribution in [3.8, 4) is 0 Å². The molecule has 1 unspecified atom stereocenters. The molecule has 0 aliphatic rings. The highest BCUT2D eigenvalue weighted by Gasteiger charge is 2.10. The third-order valence-corrected chi connectivity index (χ3v) is 3.98. The minimum Gasteiger partial charge on any atom is -0.384 e. The molecule has 0 radical (unpaired) electrons. The Labute approximate surface area is 129 Å². The van der Waals surface area contributed by atoms with Gasteiger partial charge in [0.15, 0.2) is 0 Å². The van der Waals surface area contributed by atoms with E-state index in [1.807, 2.05) is 24.3 Å². The quantitative estimate of drug-likeness (QED) is 0.897. The summed E-state index contributed by atoms with van der Waals surface area (Å²) in [5, 5.41) is 1.06. The lowest BCUT2D eigenvalue weighted by Gasteiger charge is -2.14. The number of rotatable bonds is 5. The lowest BCUT2D eigenvalue weighted by Crippen LogP contribution is -2.11. The molecule has 106 valence electrons. The fourth-order valence-electron chi connectivity index (χ4n) is 2.01. The van der Waals surface area contributed by atoms with Crippen molar-refractivity contribution in [3.63, 3.8) is 0 Å². The summed E-state index contributed by atoms with van der Waals surface area (Å²) in [7, 11) is 1.70. The number of benzene rings is 2. The highest BCUT2D eigenvalue weighted by molar-refractivity contribution is 6.42. The Hall–Kier alpha value is -1.06. The van der Waals surface area contributed by atoms with Crippen molar-refractivity contribution in [2.45, 2.75) is 12.5 Å². The average molecular weight is 310 g/mol. The van der Waals surface area contributed by atoms with E-state index in [9.17, 15) is 0 Å². The Balaban J connectivity index is 2.15. The molecular formula is C16H17Cl2NO. The van der Waals surface area contributed by atoms with Gasteiger partial charge >= 0.3 is 0 Å². The molecule has 0 heterocycles. The maximum atomic E-state index is 6.26. The Bertz CT molecular complexity index is 569. The van der Waals surface area contributed by atoms with Crippen LogP contribution in [-0.4, -0.2) is 13.7 Å². The van der Waals surface area contributed by atoms with Gasteiger partial charge in [0, 0.05) is 7.11 Å². The monoisotopic (exact) mass is 309 g/mol. The smallest absolute Gasteiger partial charge is 0.0595 e. The van der Waals surface area contributed by atoms with Gasteiger partial charge in [0.05, 0.1) is 22.7 Å². The molecule has 0 amide bonds. The number of hydrogen-bond donors (Lipinski definition) is 1. The molecule has 0 aliphatic carbocycles. The first-order valence-corrected chi connectivity index (χ1v) is 7.15. The summed E-state index contributed by atoms with van der Waals surface area (Å²) in [6.45, 7) is 0.720. The van der Waals surface area contributed by atoms with Crippen LogP contribution in [0.1, 0.15) is 22.7 Å². The standard InChI is InChI=1S/C16H17Cl2NO/c1-20-9-8-11-2-4-12(5-3-11)16(19)13-6-7-14(17)15(18)10-13/h2-7,10,16H,8-9,19H2,1H3. The molecule has 0 fully saturated rings. The van der Waals surface area contributed by atoms with Crippen molar-refractivity contribution in [3.05, 3.63) is 69.2 Å². The fraction of sp³-hybridized carbons (Fsp3) is 0.250. The van der Waals surface area contributed by atoms with Gasteiger partial charge < -0.3 is 10.5 Å². The number of ether oxygens (including phenoxy) is 1. The Kier molecular flexibility index (Phi) is 5.44. The lowest BCUT2D eigenvalue weighted by molar-refractivity contribution is 0.202. The van der Waals surface area contributed by atoms with E-state index in [4.69, 9.17) is 33.7 Å². The maximum Gasteiger partial charge on any atom is 0.0595 e. The van der Waals surface area contributed by atoms with Crippen LogP contribution in [-0.2, 0) is 11.2 Å². The van der Waals surface area contributed by atoms with Crippen LogP contribution < -0.4 is 5.73 Å². The first kappa shape index (κ1) is 15.3. The number of methoxy groups -OCH3 is 1. The van der Waals surface area contributed by atoms with E-state index in [1.165, 1.54) is 5.56 Å². The van der Waals surface area contributed by atoms with Gasteiger partial charge in [-0.25, -0.2) is 0 Å². The van der Waals surface area contributed by atoms with Crippen LogP contribution in [0.2, 0.25) is 10.0 Å². The van der Waals surface area contributed by atoms with Crippen LogP contribution in [0.5, 0.6) is 0 Å². The largest absolute Gasteiger partial charge is 0.384 e. The average Bonchev–Trinajstić information content (AvgIpc) is 2.48. The van der Waals surface area contributed by atoms with Crippen molar-refractivity contribution in [1.82, 2.24) is 0 Å². The summed E-state index contributed by atoms with van der Waals surface area (Å²) in [6.07, 6.45) is 0.902. The van der Waals surface area contributed by atoms with Crippen LogP contribution in [0.4, 0.5) is 0 Å². The third-order valence-electron chi connectivity index (χ3n) is 3.24. The molecule has 0 saturated heterocycles. The van der Waals surface area contributed by atoms with E-state index < -0.39 is 0 Å². The Morgan fingerprint density at radius 1 is 1.00 bits per heavy atom. The second kappa shape index (κ2) is 7.09. The minimum atomic E-state index is -0.207. The first-order chi connectivity index (χ1) is 9.61. The van der Waals surface area contributed by atoms with Crippen LogP contribution in [0, 0.1) is 0 Å². The summed E-state index contributed by atoms with van der Waals surface area (Å²) in [5.74, 6) is 0. The van der Waals surface area contributed by atoms with Crippen molar-refractivity contribution in [1.29, 1.82) is 0 Å². The van der Waals surface area contributed by atoms with E-state index in [1.54, 1.807) is 13.2 Å². The van der Waals surface area contributed by atoms with E-state index in [0.717, 1.165) is 24.2 Å². The molecular weight excluding hydrogens is 293 g/mol. The number of hydrogen-bond acceptors (Lipinski definition) is 2. The van der Waals surface area contributed by atoms with E-state index >= 15 is 0 Å². The van der Waals surface area contributed by atoms with Gasteiger partial charge in [0.2, 0.25) is 0 Å². The molecule has 0 spiro atoms. The SMILES string of the molecule is COCCc1ccc(C(N)c2ccc(Cl)c(Cl)c2)cc1. The topological polar surface area (TPSA) is 35.2 Å². The normalized spacial score (nSPS) is 12.4. The van der Waals surface area contributed by atoms with Crippen LogP contribution in [0.25, 0.3) is 0 Å². The first-order valence-electron chi connectivity index (χ1n) is 6.40. The lowest BCUT2D eigenvalue weighted by atomic mass is 9.98. The minimum absolute atomic E-state index is 0.207. The predicted molar refractivity (Wildman–Crippen MR) is 84.5 cm³/mol. The summed E-state index contributed by atoms with van der Waals surface area (Å²) in [4.78, 5) is 0. The zero-order valence-corrected chi connectivity index (χ0v) is 12.8. The summed E-state index contributed by atoms with van der Waals surface area (Å²) in [5.41, 5.74) is 9.49. The molecule has 2 aromatic rings. The summed E-state index contributed by atoms with van der Waals surface area (Å²) >= 11 is 11.9. The molecule has 1 atom stereocenters. The summed E-state index contributed by atoms with van der Waals surface area (Å²) in [6, 6.07) is 13.5. The molecule has 2 N–H and O–H groups in total. The third kappa shape index (κ3) is 3.74. The van der Waals surface area contributed by atoms with E-state index in [-0.39, 0.29) is 6.04 Å². The molecule has 0 bridgehead atoms. The molecule has 0 aromatic heterocycles. The molecule has 2 rings (SSSR count). The highest BCUT2D eigenvalue weighted by atomic mass is 35.5. The molecule has 0 saturated carbocycles. The van der Waals surface area contributed by atoms with Gasteiger partial charge in [-0.2, -0.15) is 0 Å². The second-order valence-electron chi connectivity index (χ2n) is 4.64. The van der Waals surface area contributed by atoms with Crippen LogP contribution in [0.3, 0.4) is 0 Å². The summed E-state index contributed by atoms with van der Waals surface area (Å²) < 4.78 is 5.07. The zero-order valence-electron chi connectivity index (χ0n) is 11.3. The van der Waals surface area contributed by atoms with Crippen LogP contribution >= 0.6 is 23.2 Å². The molecule has 4 heteroatoms. The van der Waals surface area contributed by atoms with Gasteiger partial charge in [-0.15, -0.1) is 0 Å². The highest BCUT2D eigenvalue weighted by Crippen LogP contribution is 2.27. The van der Waals surface area contributed by atoms with Gasteiger partial charge in [-0.05, 0) is 35.2 Å². The van der Waals surface area contributed by atoms with Crippen LogP contribution in [0.15, 0.2) is 42.5 Å². The Morgan fingerprint density at radius 2 is 1.65 bits per heavy atom. The van der Waals surface area contributed by atoms with Crippen molar-refractivity contribution in [2.24, 2.45) is 5.73 Å². The number of nitrogens with two attached hydrogens (primary N) is 1. The fourth-order valence-corrected chi connectivity index (χ4v) is 2.32. The second-order valence-corrected chi connectivity index (χ2v) is 5.45. The van der Waals surface area contributed by atoms with Gasteiger partial charge in [-0.1, -0.05) is 53.5 Å². The van der Waals surface area contributed by atoms with E-state index in [2.05, 4.69) is 12.1 Å². The van der Waals surface area contributed by atoms with E-state index in [0.29, 0.717) is 10.0 Å². The van der Waals surface area contributed by atoms with Crippen molar-refractivity contribution >= 4 is 23.2 Å². The zero-order chi connectivity index (χ0) is 14.5. The number of halogens is 2. The van der Waals surface area contributed by atoms with Gasteiger partial charge in [-0.3, -0.25) is 0 Å². The van der Waals surface area contributed by atoms with Gasteiger partial charge in [0.25, 0.3) is 0 Å². The molecule has 2 nitrogen and oxygen atoms in total. The van der Waals surface area contributed by atoms with Crippen molar-refractivity contribution in [2.75, 3.05) is 13.7 Å². The molecule has 2 aromatic carbocycles. The van der Waals surface area contributed by atoms with Gasteiger partial charge in [0.1, 0.15) is 0 Å².